The van der Waals surface area contributed by atoms with Gasteiger partial charge in [0.05, 0.1) is 6.54 Å². The van der Waals surface area contributed by atoms with Gasteiger partial charge >= 0.3 is 0 Å². The Kier molecular flexibility index (Phi) is 4.85. The van der Waals surface area contributed by atoms with Gasteiger partial charge in [0.25, 0.3) is 0 Å². The number of piperidine rings is 1. The van der Waals surface area contributed by atoms with Crippen LogP contribution in [-0.4, -0.2) is 59.5 Å². The van der Waals surface area contributed by atoms with Gasteiger partial charge in [0.15, 0.2) is 0 Å². The van der Waals surface area contributed by atoms with Crippen LogP contribution in [0.15, 0.2) is 0 Å². The SMILES string of the molecule is CC1CN(CC(=O)N2C(C)CCCC2C)C(C)CN1. The summed E-state index contributed by atoms with van der Waals surface area (Å²) in [5.41, 5.74) is 0. The molecule has 110 valence electrons. The number of nitrogens with one attached hydrogen (secondary N) is 1. The van der Waals surface area contributed by atoms with E-state index in [0.717, 1.165) is 25.9 Å². The van der Waals surface area contributed by atoms with Crippen molar-refractivity contribution in [2.45, 2.75) is 71.1 Å². The van der Waals surface area contributed by atoms with E-state index in [0.29, 0.717) is 36.6 Å². The van der Waals surface area contributed by atoms with E-state index in [4.69, 9.17) is 0 Å². The second kappa shape index (κ2) is 6.23. The maximum Gasteiger partial charge on any atom is 0.237 e. The Bertz CT molecular complexity index is 311. The lowest BCUT2D eigenvalue weighted by Crippen LogP contribution is -2.58. The molecule has 2 aliphatic heterocycles. The minimum atomic E-state index is 0.320. The summed E-state index contributed by atoms with van der Waals surface area (Å²) in [4.78, 5) is 17.1. The van der Waals surface area contributed by atoms with E-state index >= 15 is 0 Å². The Morgan fingerprint density at radius 1 is 1.11 bits per heavy atom. The molecule has 0 bridgehead atoms. The molecule has 2 rings (SSSR count). The van der Waals surface area contributed by atoms with Gasteiger partial charge in [0, 0.05) is 37.3 Å². The Balaban J connectivity index is 1.95. The number of likely N-dealkylation sites (tertiary alicyclic amines) is 1. The fourth-order valence-electron chi connectivity index (χ4n) is 3.49. The second-order valence-electron chi connectivity index (χ2n) is 6.52. The third kappa shape index (κ3) is 3.48. The Morgan fingerprint density at radius 3 is 2.37 bits per heavy atom. The first-order chi connectivity index (χ1) is 8.99. The second-order valence-corrected chi connectivity index (χ2v) is 6.52. The first-order valence-corrected chi connectivity index (χ1v) is 7.77. The van der Waals surface area contributed by atoms with Gasteiger partial charge in [-0.3, -0.25) is 9.69 Å². The number of rotatable bonds is 2. The Hall–Kier alpha value is -0.610. The van der Waals surface area contributed by atoms with Crippen molar-refractivity contribution < 1.29 is 4.79 Å². The van der Waals surface area contributed by atoms with Crippen LogP contribution in [0.4, 0.5) is 0 Å². The monoisotopic (exact) mass is 267 g/mol. The molecule has 1 N–H and O–H groups in total. The van der Waals surface area contributed by atoms with Crippen LogP contribution in [0.5, 0.6) is 0 Å². The lowest BCUT2D eigenvalue weighted by molar-refractivity contribution is -0.139. The van der Waals surface area contributed by atoms with Crippen molar-refractivity contribution in [3.05, 3.63) is 0 Å². The van der Waals surface area contributed by atoms with Crippen molar-refractivity contribution in [2.75, 3.05) is 19.6 Å². The fourth-order valence-corrected chi connectivity index (χ4v) is 3.49. The zero-order valence-electron chi connectivity index (χ0n) is 12.9. The van der Waals surface area contributed by atoms with Crippen LogP contribution in [0.25, 0.3) is 0 Å². The summed E-state index contributed by atoms with van der Waals surface area (Å²) in [6.07, 6.45) is 3.57. The van der Waals surface area contributed by atoms with Gasteiger partial charge in [-0.05, 0) is 47.0 Å². The van der Waals surface area contributed by atoms with E-state index in [1.54, 1.807) is 0 Å². The standard InChI is InChI=1S/C15H29N3O/c1-11-9-17(14(4)8-16-11)10-15(19)18-12(2)6-5-7-13(18)3/h11-14,16H,5-10H2,1-4H3. The van der Waals surface area contributed by atoms with Gasteiger partial charge in [-0.25, -0.2) is 0 Å². The lowest BCUT2D eigenvalue weighted by atomic mass is 9.97. The normalized spacial score (nSPS) is 37.4. The minimum absolute atomic E-state index is 0.320. The fraction of sp³-hybridized carbons (Fsp3) is 0.933. The molecule has 19 heavy (non-hydrogen) atoms. The molecule has 4 atom stereocenters. The molecule has 1 amide bonds. The zero-order chi connectivity index (χ0) is 14.0. The van der Waals surface area contributed by atoms with Crippen molar-refractivity contribution in [3.8, 4) is 0 Å². The molecule has 2 fully saturated rings. The summed E-state index contributed by atoms with van der Waals surface area (Å²) in [5, 5.41) is 3.47. The van der Waals surface area contributed by atoms with E-state index in [1.807, 2.05) is 0 Å². The van der Waals surface area contributed by atoms with Crippen LogP contribution in [0.3, 0.4) is 0 Å². The van der Waals surface area contributed by atoms with E-state index in [-0.39, 0.29) is 0 Å². The molecule has 2 aliphatic rings. The van der Waals surface area contributed by atoms with E-state index in [1.165, 1.54) is 6.42 Å². The quantitative estimate of drug-likeness (QED) is 0.823. The molecule has 0 aromatic rings. The summed E-state index contributed by atoms with van der Waals surface area (Å²) in [6, 6.07) is 1.76. The number of hydrogen-bond acceptors (Lipinski definition) is 3. The van der Waals surface area contributed by atoms with Gasteiger partial charge in [-0.15, -0.1) is 0 Å². The highest BCUT2D eigenvalue weighted by atomic mass is 16.2. The number of carbonyl (C=O) groups excluding carboxylic acids is 1. The molecule has 0 aliphatic carbocycles. The molecular formula is C15H29N3O. The maximum absolute atomic E-state index is 12.6. The summed E-state index contributed by atoms with van der Waals surface area (Å²) in [7, 11) is 0. The average Bonchev–Trinajstić information content (AvgIpc) is 2.33. The molecule has 0 aromatic heterocycles. The topological polar surface area (TPSA) is 35.6 Å². The predicted molar refractivity (Wildman–Crippen MR) is 78.1 cm³/mol. The third-order valence-corrected chi connectivity index (χ3v) is 4.71. The number of nitrogens with zero attached hydrogens (tertiary/aromatic N) is 2. The van der Waals surface area contributed by atoms with Crippen molar-refractivity contribution in [1.29, 1.82) is 0 Å². The van der Waals surface area contributed by atoms with Crippen LogP contribution in [0, 0.1) is 0 Å². The molecule has 4 nitrogen and oxygen atoms in total. The van der Waals surface area contributed by atoms with Crippen molar-refractivity contribution in [2.24, 2.45) is 0 Å². The Morgan fingerprint density at radius 2 is 1.74 bits per heavy atom. The summed E-state index contributed by atoms with van der Waals surface area (Å²) >= 11 is 0. The number of piperazine rings is 1. The van der Waals surface area contributed by atoms with Gasteiger partial charge in [0.1, 0.15) is 0 Å². The zero-order valence-corrected chi connectivity index (χ0v) is 12.9. The molecular weight excluding hydrogens is 238 g/mol. The molecule has 2 saturated heterocycles. The van der Waals surface area contributed by atoms with Crippen LogP contribution < -0.4 is 5.32 Å². The number of carbonyl (C=O) groups is 1. The average molecular weight is 267 g/mol. The summed E-state index contributed by atoms with van der Waals surface area (Å²) in [6.45, 7) is 11.3. The first-order valence-electron chi connectivity index (χ1n) is 7.77. The largest absolute Gasteiger partial charge is 0.336 e. The molecule has 4 unspecified atom stereocenters. The van der Waals surface area contributed by atoms with E-state index in [9.17, 15) is 4.79 Å². The number of hydrogen-bond donors (Lipinski definition) is 1. The Labute approximate surface area is 117 Å². The lowest BCUT2D eigenvalue weighted by Gasteiger charge is -2.42. The number of amides is 1. The maximum atomic E-state index is 12.6. The van der Waals surface area contributed by atoms with Crippen molar-refractivity contribution >= 4 is 5.91 Å². The van der Waals surface area contributed by atoms with Crippen molar-refractivity contribution in [3.63, 3.8) is 0 Å². The van der Waals surface area contributed by atoms with E-state index in [2.05, 4.69) is 42.8 Å². The predicted octanol–water partition coefficient (Wildman–Crippen LogP) is 1.46. The molecule has 4 heteroatoms. The summed E-state index contributed by atoms with van der Waals surface area (Å²) in [5.74, 6) is 0.320. The molecule has 0 spiro atoms. The van der Waals surface area contributed by atoms with Crippen LogP contribution in [0.1, 0.15) is 47.0 Å². The van der Waals surface area contributed by atoms with Crippen LogP contribution >= 0.6 is 0 Å². The van der Waals surface area contributed by atoms with Crippen molar-refractivity contribution in [1.82, 2.24) is 15.1 Å². The minimum Gasteiger partial charge on any atom is -0.336 e. The van der Waals surface area contributed by atoms with Gasteiger partial charge in [0.2, 0.25) is 5.91 Å². The highest BCUT2D eigenvalue weighted by Crippen LogP contribution is 2.23. The molecule has 0 radical (unpaired) electrons. The molecule has 0 aromatic carbocycles. The third-order valence-electron chi connectivity index (χ3n) is 4.71. The first kappa shape index (κ1) is 14.8. The summed E-state index contributed by atoms with van der Waals surface area (Å²) < 4.78 is 0. The molecule has 2 heterocycles. The van der Waals surface area contributed by atoms with Gasteiger partial charge in [-0.2, -0.15) is 0 Å². The molecule has 0 saturated carbocycles. The van der Waals surface area contributed by atoms with Crippen LogP contribution in [0.2, 0.25) is 0 Å². The van der Waals surface area contributed by atoms with Gasteiger partial charge < -0.3 is 10.2 Å². The highest BCUT2D eigenvalue weighted by Gasteiger charge is 2.31. The highest BCUT2D eigenvalue weighted by molar-refractivity contribution is 5.79. The van der Waals surface area contributed by atoms with E-state index < -0.39 is 0 Å². The van der Waals surface area contributed by atoms with Gasteiger partial charge in [-0.1, -0.05) is 0 Å². The van der Waals surface area contributed by atoms with Crippen LogP contribution in [-0.2, 0) is 4.79 Å². The smallest absolute Gasteiger partial charge is 0.237 e.